The van der Waals surface area contributed by atoms with Crippen molar-refractivity contribution in [3.05, 3.63) is 71.0 Å². The highest BCUT2D eigenvalue weighted by molar-refractivity contribution is 7.92. The van der Waals surface area contributed by atoms with Crippen LogP contribution in [0.1, 0.15) is 41.7 Å². The second kappa shape index (κ2) is 7.88. The van der Waals surface area contributed by atoms with Crippen molar-refractivity contribution in [2.45, 2.75) is 54.1 Å². The van der Waals surface area contributed by atoms with E-state index in [1.54, 1.807) is 37.3 Å². The smallest absolute Gasteiger partial charge is 0.250 e. The number of nitrogens with one attached hydrogen (secondary N) is 1. The van der Waals surface area contributed by atoms with Gasteiger partial charge in [-0.25, -0.2) is 21.6 Å². The third-order valence-corrected chi connectivity index (χ3v) is 9.44. The molecule has 0 spiro atoms. The van der Waals surface area contributed by atoms with Gasteiger partial charge in [0, 0.05) is 25.4 Å². The molecule has 5 nitrogen and oxygen atoms in total. The number of amides is 1. The summed E-state index contributed by atoms with van der Waals surface area (Å²) in [6.07, 6.45) is -1.60. The number of halogens is 3. The van der Waals surface area contributed by atoms with Crippen LogP contribution in [0.5, 0.6) is 0 Å². The van der Waals surface area contributed by atoms with Gasteiger partial charge in [-0.15, -0.1) is 0 Å². The number of carbonyl (C=O) groups excluding carboxylic acids is 1. The number of primary amides is 1. The van der Waals surface area contributed by atoms with Gasteiger partial charge in [0.05, 0.1) is 15.9 Å². The van der Waals surface area contributed by atoms with Gasteiger partial charge in [-0.05, 0) is 36.1 Å². The Morgan fingerprint density at radius 3 is 2.38 bits per heavy atom. The maximum atomic E-state index is 15.0. The Morgan fingerprint density at radius 2 is 1.81 bits per heavy atom. The lowest BCUT2D eigenvalue weighted by Crippen LogP contribution is -2.57. The zero-order valence-corrected chi connectivity index (χ0v) is 18.3. The maximum Gasteiger partial charge on any atom is 0.250 e. The van der Waals surface area contributed by atoms with Crippen molar-refractivity contribution in [2.24, 2.45) is 5.73 Å². The molecule has 9 heteroatoms. The first-order valence-corrected chi connectivity index (χ1v) is 12.0. The molecule has 4 rings (SSSR count). The fourth-order valence-electron chi connectivity index (χ4n) is 4.88. The van der Waals surface area contributed by atoms with E-state index in [0.29, 0.717) is 5.56 Å². The Balaban J connectivity index is 1.62. The van der Waals surface area contributed by atoms with Crippen LogP contribution in [0.4, 0.5) is 13.2 Å². The summed E-state index contributed by atoms with van der Waals surface area (Å²) in [4.78, 5) is 11.9. The van der Waals surface area contributed by atoms with Crippen molar-refractivity contribution in [1.29, 1.82) is 0 Å². The molecule has 1 saturated carbocycles. The van der Waals surface area contributed by atoms with Gasteiger partial charge in [-0.2, -0.15) is 0 Å². The van der Waals surface area contributed by atoms with Crippen LogP contribution in [0.25, 0.3) is 0 Å². The highest BCUT2D eigenvalue weighted by Crippen LogP contribution is 2.53. The van der Waals surface area contributed by atoms with E-state index in [1.165, 1.54) is 12.1 Å². The van der Waals surface area contributed by atoms with Crippen molar-refractivity contribution in [2.75, 3.05) is 6.54 Å². The van der Waals surface area contributed by atoms with Gasteiger partial charge in [0.15, 0.2) is 9.84 Å². The molecule has 1 unspecified atom stereocenters. The summed E-state index contributed by atoms with van der Waals surface area (Å²) in [6.45, 7) is 2.01. The number of sulfone groups is 1. The molecule has 2 aliphatic rings. The van der Waals surface area contributed by atoms with Crippen LogP contribution in [0, 0.1) is 5.82 Å². The number of carbonyl (C=O) groups is 1. The first-order chi connectivity index (χ1) is 15.0. The van der Waals surface area contributed by atoms with Gasteiger partial charge in [-0.3, -0.25) is 4.79 Å². The summed E-state index contributed by atoms with van der Waals surface area (Å²) in [5.41, 5.74) is 4.67. The fourth-order valence-corrected chi connectivity index (χ4v) is 7.25. The number of alkyl halides is 2. The van der Waals surface area contributed by atoms with Crippen molar-refractivity contribution in [3.63, 3.8) is 0 Å². The molecule has 0 aromatic heterocycles. The normalized spacial score (nSPS) is 27.9. The Labute approximate surface area is 185 Å². The number of hydrogen-bond donors (Lipinski definition) is 2. The summed E-state index contributed by atoms with van der Waals surface area (Å²) in [6, 6.07) is 12.3. The zero-order valence-electron chi connectivity index (χ0n) is 17.5. The average molecular weight is 467 g/mol. The van der Waals surface area contributed by atoms with Crippen LogP contribution < -0.4 is 11.1 Å². The third-order valence-electron chi connectivity index (χ3n) is 6.79. The van der Waals surface area contributed by atoms with Gasteiger partial charge < -0.3 is 11.1 Å². The van der Waals surface area contributed by atoms with Crippen molar-refractivity contribution in [3.8, 4) is 0 Å². The molecule has 2 aromatic carbocycles. The average Bonchev–Trinajstić information content (AvgIpc) is 2.70. The SMILES string of the molecule is C[C@@H]1NC[C@@H](c2ccccc2)S(=O)(=O)C1Cc1ccc(C2(C(N)=O)CC(F)(F)C2)cc1F. The molecule has 1 amide bonds. The van der Waals surface area contributed by atoms with Crippen LogP contribution in [0.2, 0.25) is 0 Å². The highest BCUT2D eigenvalue weighted by atomic mass is 32.2. The second-order valence-corrected chi connectivity index (χ2v) is 11.2. The van der Waals surface area contributed by atoms with E-state index in [-0.39, 0.29) is 24.1 Å². The van der Waals surface area contributed by atoms with E-state index >= 15 is 0 Å². The Bertz CT molecular complexity index is 1130. The van der Waals surface area contributed by atoms with Crippen LogP contribution in [-0.2, 0) is 26.5 Å². The molecular formula is C23H25F3N2O3S. The van der Waals surface area contributed by atoms with E-state index < -0.39 is 62.3 Å². The topological polar surface area (TPSA) is 89.3 Å². The summed E-state index contributed by atoms with van der Waals surface area (Å²) in [5, 5.41) is 1.59. The minimum Gasteiger partial charge on any atom is -0.369 e. The largest absolute Gasteiger partial charge is 0.369 e. The minimum atomic E-state index is -3.64. The molecule has 0 radical (unpaired) electrons. The molecule has 0 bridgehead atoms. The van der Waals surface area contributed by atoms with Crippen LogP contribution in [0.3, 0.4) is 0 Å². The van der Waals surface area contributed by atoms with Crippen molar-refractivity contribution in [1.82, 2.24) is 5.32 Å². The van der Waals surface area contributed by atoms with E-state index in [1.807, 2.05) is 0 Å². The summed E-state index contributed by atoms with van der Waals surface area (Å²) in [7, 11) is -3.64. The first-order valence-electron chi connectivity index (χ1n) is 10.4. The molecule has 32 heavy (non-hydrogen) atoms. The zero-order chi connectivity index (χ0) is 23.3. The predicted octanol–water partition coefficient (Wildman–Crippen LogP) is 3.04. The molecule has 1 aliphatic heterocycles. The molecule has 1 aliphatic carbocycles. The molecule has 2 aromatic rings. The molecule has 172 valence electrons. The molecule has 1 saturated heterocycles. The number of benzene rings is 2. The summed E-state index contributed by atoms with van der Waals surface area (Å²) in [5.74, 6) is -4.68. The standard InChI is InChI=1S/C23H25F3N2O3S/c1-14-19(32(30,31)20(11-28-14)15-5-3-2-4-6-15)9-16-7-8-17(10-18(16)24)22(21(27)29)12-23(25,26)13-22/h2-8,10,14,19-20,28H,9,11-13H2,1H3,(H2,27,29)/t14-,19?,20-/m0/s1. The summed E-state index contributed by atoms with van der Waals surface area (Å²) < 4.78 is 68.7. The van der Waals surface area contributed by atoms with Gasteiger partial charge in [-0.1, -0.05) is 42.5 Å². The fraction of sp³-hybridized carbons (Fsp3) is 0.435. The lowest BCUT2D eigenvalue weighted by atomic mass is 9.61. The second-order valence-electron chi connectivity index (χ2n) is 8.89. The van der Waals surface area contributed by atoms with Gasteiger partial charge >= 0.3 is 0 Å². The predicted molar refractivity (Wildman–Crippen MR) is 115 cm³/mol. The van der Waals surface area contributed by atoms with Crippen molar-refractivity contribution >= 4 is 15.7 Å². The quantitative estimate of drug-likeness (QED) is 0.709. The Hall–Kier alpha value is -2.39. The minimum absolute atomic E-state index is 0.0777. The first kappa shape index (κ1) is 22.8. The number of hydrogen-bond acceptors (Lipinski definition) is 4. The van der Waals surface area contributed by atoms with E-state index in [2.05, 4.69) is 5.32 Å². The van der Waals surface area contributed by atoms with Gasteiger partial charge in [0.25, 0.3) is 5.92 Å². The summed E-state index contributed by atoms with van der Waals surface area (Å²) >= 11 is 0. The van der Waals surface area contributed by atoms with Crippen LogP contribution in [0.15, 0.2) is 48.5 Å². The van der Waals surface area contributed by atoms with E-state index in [4.69, 9.17) is 5.73 Å². The molecule has 1 heterocycles. The van der Waals surface area contributed by atoms with Gasteiger partial charge in [0.1, 0.15) is 5.82 Å². The molecule has 3 atom stereocenters. The van der Waals surface area contributed by atoms with Crippen LogP contribution in [-0.4, -0.2) is 38.1 Å². The number of rotatable bonds is 5. The van der Waals surface area contributed by atoms with Crippen LogP contribution >= 0.6 is 0 Å². The molecule has 3 N–H and O–H groups in total. The monoisotopic (exact) mass is 466 g/mol. The highest BCUT2D eigenvalue weighted by Gasteiger charge is 2.61. The Kier molecular flexibility index (Phi) is 5.61. The van der Waals surface area contributed by atoms with E-state index in [9.17, 15) is 26.4 Å². The molecule has 2 fully saturated rings. The van der Waals surface area contributed by atoms with Gasteiger partial charge in [0.2, 0.25) is 5.91 Å². The Morgan fingerprint density at radius 1 is 1.16 bits per heavy atom. The van der Waals surface area contributed by atoms with E-state index in [0.717, 1.165) is 6.07 Å². The lowest BCUT2D eigenvalue weighted by molar-refractivity contribution is -0.156. The molecular weight excluding hydrogens is 441 g/mol. The third kappa shape index (κ3) is 3.81. The maximum absolute atomic E-state index is 15.0. The van der Waals surface area contributed by atoms with Crippen molar-refractivity contribution < 1.29 is 26.4 Å². The number of nitrogens with two attached hydrogens (primary N) is 1. The lowest BCUT2D eigenvalue weighted by Gasteiger charge is -2.45.